The lowest BCUT2D eigenvalue weighted by atomic mass is 10.1. The van der Waals surface area contributed by atoms with Crippen LogP contribution in [-0.4, -0.2) is 37.3 Å². The molecule has 0 spiro atoms. The lowest BCUT2D eigenvalue weighted by Gasteiger charge is -2.06. The van der Waals surface area contributed by atoms with E-state index in [4.69, 9.17) is 5.11 Å². The van der Waals surface area contributed by atoms with Crippen LogP contribution in [0.5, 0.6) is 5.75 Å². The molecule has 116 valence electrons. The first-order chi connectivity index (χ1) is 11.0. The van der Waals surface area contributed by atoms with E-state index < -0.39 is 11.9 Å². The fourth-order valence-electron chi connectivity index (χ4n) is 2.17. The minimum Gasteiger partial charge on any atom is -0.508 e. The molecule has 0 aliphatic rings. The molecule has 3 aromatic rings. The highest BCUT2D eigenvalue weighted by molar-refractivity contribution is 5.98. The first-order valence-electron chi connectivity index (χ1n) is 6.68. The van der Waals surface area contributed by atoms with Gasteiger partial charge >= 0.3 is 5.97 Å². The molecule has 8 heteroatoms. The van der Waals surface area contributed by atoms with E-state index in [2.05, 4.69) is 20.5 Å². The van der Waals surface area contributed by atoms with Gasteiger partial charge in [0.25, 0.3) is 5.91 Å². The first kappa shape index (κ1) is 14.5. The van der Waals surface area contributed by atoms with Crippen LogP contribution in [-0.2, 0) is 6.54 Å². The Morgan fingerprint density at radius 3 is 2.78 bits per heavy atom. The fraction of sp³-hybridized carbons (Fsp3) is 0.0667. The largest absolute Gasteiger partial charge is 0.508 e. The summed E-state index contributed by atoms with van der Waals surface area (Å²) < 4.78 is 0. The minimum absolute atomic E-state index is 0.0596. The van der Waals surface area contributed by atoms with E-state index >= 15 is 0 Å². The van der Waals surface area contributed by atoms with Gasteiger partial charge in [0, 0.05) is 17.1 Å². The minimum atomic E-state index is -1.22. The van der Waals surface area contributed by atoms with Crippen LogP contribution < -0.4 is 5.32 Å². The van der Waals surface area contributed by atoms with Crippen molar-refractivity contribution in [1.29, 1.82) is 0 Å². The standard InChI is InChI=1S/C15H12N4O4/c20-10-5-8(4-9(6-10)15(22)23)14(21)17-7-12-11-2-1-3-16-13(11)19-18-12/h1-6,20H,7H2,(H,17,21)(H,22,23)(H,16,18,19). The van der Waals surface area contributed by atoms with Crippen LogP contribution in [0.25, 0.3) is 11.0 Å². The first-order valence-corrected chi connectivity index (χ1v) is 6.68. The summed E-state index contributed by atoms with van der Waals surface area (Å²) in [5, 5.41) is 28.7. The van der Waals surface area contributed by atoms with Crippen LogP contribution in [0.2, 0.25) is 0 Å². The lowest BCUT2D eigenvalue weighted by molar-refractivity contribution is 0.0696. The molecule has 0 atom stereocenters. The molecule has 1 aromatic carbocycles. The van der Waals surface area contributed by atoms with E-state index in [1.165, 1.54) is 12.1 Å². The number of amides is 1. The number of aromatic amines is 1. The van der Waals surface area contributed by atoms with Crippen LogP contribution in [0.4, 0.5) is 0 Å². The molecule has 1 amide bonds. The number of H-pyrrole nitrogens is 1. The summed E-state index contributed by atoms with van der Waals surface area (Å²) in [6, 6.07) is 7.06. The van der Waals surface area contributed by atoms with E-state index in [0.717, 1.165) is 11.5 Å². The molecule has 0 bridgehead atoms. The maximum Gasteiger partial charge on any atom is 0.335 e. The number of rotatable bonds is 4. The third-order valence-electron chi connectivity index (χ3n) is 3.26. The number of carbonyl (C=O) groups is 2. The molecule has 4 N–H and O–H groups in total. The molecule has 0 aliphatic heterocycles. The monoisotopic (exact) mass is 312 g/mol. The molecule has 0 radical (unpaired) electrons. The third-order valence-corrected chi connectivity index (χ3v) is 3.26. The van der Waals surface area contributed by atoms with Gasteiger partial charge in [-0.25, -0.2) is 9.78 Å². The highest BCUT2D eigenvalue weighted by Crippen LogP contribution is 2.17. The molecular formula is C15H12N4O4. The van der Waals surface area contributed by atoms with Gasteiger partial charge in [-0.2, -0.15) is 5.10 Å². The zero-order valence-corrected chi connectivity index (χ0v) is 11.8. The molecule has 2 heterocycles. The Balaban J connectivity index is 1.78. The predicted octanol–water partition coefficient (Wildman–Crippen LogP) is 1.29. The molecule has 0 saturated heterocycles. The van der Waals surface area contributed by atoms with Crippen molar-refractivity contribution in [3.05, 3.63) is 53.3 Å². The summed E-state index contributed by atoms with van der Waals surface area (Å²) >= 11 is 0. The Labute approximate surface area is 129 Å². The van der Waals surface area contributed by atoms with Gasteiger partial charge in [0.15, 0.2) is 5.65 Å². The van der Waals surface area contributed by atoms with E-state index in [0.29, 0.717) is 11.3 Å². The number of carboxylic acids is 1. The van der Waals surface area contributed by atoms with Crippen molar-refractivity contribution in [1.82, 2.24) is 20.5 Å². The molecule has 0 fully saturated rings. The molecule has 8 nitrogen and oxygen atoms in total. The number of pyridine rings is 1. The number of nitrogens with one attached hydrogen (secondary N) is 2. The number of benzene rings is 1. The predicted molar refractivity (Wildman–Crippen MR) is 80.1 cm³/mol. The smallest absolute Gasteiger partial charge is 0.335 e. The van der Waals surface area contributed by atoms with Gasteiger partial charge in [-0.3, -0.25) is 9.89 Å². The van der Waals surface area contributed by atoms with Gasteiger partial charge in [-0.05, 0) is 30.3 Å². The van der Waals surface area contributed by atoms with Crippen LogP contribution in [0.15, 0.2) is 36.5 Å². The molecule has 23 heavy (non-hydrogen) atoms. The fourth-order valence-corrected chi connectivity index (χ4v) is 2.17. The number of fused-ring (bicyclic) bond motifs is 1. The zero-order valence-electron chi connectivity index (χ0n) is 11.8. The Morgan fingerprint density at radius 2 is 2.00 bits per heavy atom. The number of carbonyl (C=O) groups excluding carboxylic acids is 1. The van der Waals surface area contributed by atoms with Gasteiger partial charge in [0.2, 0.25) is 0 Å². The molecule has 0 saturated carbocycles. The van der Waals surface area contributed by atoms with Gasteiger partial charge < -0.3 is 15.5 Å². The Bertz CT molecular complexity index is 903. The van der Waals surface area contributed by atoms with Crippen LogP contribution in [0.3, 0.4) is 0 Å². The number of nitrogens with zero attached hydrogens (tertiary/aromatic N) is 2. The second-order valence-electron chi connectivity index (χ2n) is 4.83. The zero-order chi connectivity index (χ0) is 16.4. The van der Waals surface area contributed by atoms with Gasteiger partial charge in [-0.1, -0.05) is 0 Å². The highest BCUT2D eigenvalue weighted by Gasteiger charge is 2.13. The summed E-state index contributed by atoms with van der Waals surface area (Å²) in [7, 11) is 0. The van der Waals surface area contributed by atoms with E-state index in [9.17, 15) is 14.7 Å². The molecule has 0 unspecified atom stereocenters. The summed E-state index contributed by atoms with van der Waals surface area (Å²) in [4.78, 5) is 27.2. The number of aromatic carboxylic acids is 1. The summed E-state index contributed by atoms with van der Waals surface area (Å²) in [5.74, 6) is -2.01. The molecule has 2 aromatic heterocycles. The maximum absolute atomic E-state index is 12.1. The number of aromatic hydroxyl groups is 1. The third kappa shape index (κ3) is 2.95. The van der Waals surface area contributed by atoms with Crippen molar-refractivity contribution in [2.45, 2.75) is 6.54 Å². The summed E-state index contributed by atoms with van der Waals surface area (Å²) in [6.45, 7) is 0.166. The molecule has 0 aliphatic carbocycles. The van der Waals surface area contributed by atoms with Crippen molar-refractivity contribution in [3.8, 4) is 5.75 Å². The number of aromatic nitrogens is 3. The number of phenolic OH excluding ortho intramolecular Hbond substituents is 1. The lowest BCUT2D eigenvalue weighted by Crippen LogP contribution is -2.23. The van der Waals surface area contributed by atoms with Gasteiger partial charge in [-0.15, -0.1) is 0 Å². The van der Waals surface area contributed by atoms with E-state index in [1.807, 2.05) is 6.07 Å². The van der Waals surface area contributed by atoms with Crippen molar-refractivity contribution < 1.29 is 19.8 Å². The Hall–Kier alpha value is -3.42. The second-order valence-corrected chi connectivity index (χ2v) is 4.83. The average Bonchev–Trinajstić information content (AvgIpc) is 2.95. The average molecular weight is 312 g/mol. The second kappa shape index (κ2) is 5.76. The maximum atomic E-state index is 12.1. The van der Waals surface area contributed by atoms with E-state index in [-0.39, 0.29) is 23.4 Å². The van der Waals surface area contributed by atoms with Crippen LogP contribution in [0.1, 0.15) is 26.4 Å². The summed E-state index contributed by atoms with van der Waals surface area (Å²) in [5.41, 5.74) is 1.12. The Kier molecular flexibility index (Phi) is 3.63. The quantitative estimate of drug-likeness (QED) is 0.574. The topological polar surface area (TPSA) is 128 Å². The number of phenols is 1. The number of carboxylic acid groups (broad SMARTS) is 1. The van der Waals surface area contributed by atoms with E-state index in [1.54, 1.807) is 12.3 Å². The molecule has 3 rings (SSSR count). The normalized spacial score (nSPS) is 10.6. The SMILES string of the molecule is O=C(O)c1cc(O)cc(C(=O)NCc2[nH]nc3ncccc23)c1. The van der Waals surface area contributed by atoms with Crippen molar-refractivity contribution in [2.24, 2.45) is 0 Å². The van der Waals surface area contributed by atoms with Crippen molar-refractivity contribution >= 4 is 22.9 Å². The molecular weight excluding hydrogens is 300 g/mol. The van der Waals surface area contributed by atoms with Gasteiger partial charge in [0.05, 0.1) is 17.8 Å². The Morgan fingerprint density at radius 1 is 1.22 bits per heavy atom. The number of hydrogen-bond acceptors (Lipinski definition) is 5. The summed E-state index contributed by atoms with van der Waals surface area (Å²) in [6.07, 6.45) is 1.62. The van der Waals surface area contributed by atoms with Crippen LogP contribution in [0, 0.1) is 0 Å². The highest BCUT2D eigenvalue weighted by atomic mass is 16.4. The van der Waals surface area contributed by atoms with Crippen molar-refractivity contribution in [3.63, 3.8) is 0 Å². The van der Waals surface area contributed by atoms with Crippen LogP contribution >= 0.6 is 0 Å². The number of hydrogen-bond donors (Lipinski definition) is 4. The van der Waals surface area contributed by atoms with Crippen molar-refractivity contribution in [2.75, 3.05) is 0 Å². The van der Waals surface area contributed by atoms with Gasteiger partial charge in [0.1, 0.15) is 5.75 Å².